The van der Waals surface area contributed by atoms with E-state index in [4.69, 9.17) is 0 Å². The van der Waals surface area contributed by atoms with Gasteiger partial charge in [-0.2, -0.15) is 0 Å². The summed E-state index contributed by atoms with van der Waals surface area (Å²) in [5.74, 6) is 0.579. The lowest BCUT2D eigenvalue weighted by atomic mass is 10.2. The van der Waals surface area contributed by atoms with Crippen molar-refractivity contribution >= 4 is 17.5 Å². The number of nitrogens with zero attached hydrogens (tertiary/aromatic N) is 4. The summed E-state index contributed by atoms with van der Waals surface area (Å²) >= 11 is 0. The third kappa shape index (κ3) is 3.25. The van der Waals surface area contributed by atoms with Crippen LogP contribution in [0.5, 0.6) is 0 Å². The average Bonchev–Trinajstić information content (AvgIpc) is 3.02. The molecular formula is C19H24N4O. The minimum atomic E-state index is -0.0457. The van der Waals surface area contributed by atoms with Crippen molar-refractivity contribution in [2.45, 2.75) is 33.1 Å². The number of fused-ring (bicyclic) bond motifs is 1. The summed E-state index contributed by atoms with van der Waals surface area (Å²) in [7, 11) is 1.98. The fourth-order valence-electron chi connectivity index (χ4n) is 3.02. The summed E-state index contributed by atoms with van der Waals surface area (Å²) in [5, 5.41) is 0. The van der Waals surface area contributed by atoms with Crippen molar-refractivity contribution in [3.8, 4) is 0 Å². The smallest absolute Gasteiger partial charge is 0.277 e. The van der Waals surface area contributed by atoms with E-state index in [9.17, 15) is 4.79 Å². The summed E-state index contributed by atoms with van der Waals surface area (Å²) in [6.07, 6.45) is 3.10. The molecule has 0 fully saturated rings. The van der Waals surface area contributed by atoms with E-state index in [1.54, 1.807) is 6.07 Å². The van der Waals surface area contributed by atoms with Crippen molar-refractivity contribution in [2.75, 3.05) is 29.9 Å². The second kappa shape index (κ2) is 6.99. The minimum absolute atomic E-state index is 0.0457. The molecule has 0 saturated heterocycles. The van der Waals surface area contributed by atoms with Gasteiger partial charge >= 0.3 is 0 Å². The molecule has 5 heteroatoms. The van der Waals surface area contributed by atoms with Gasteiger partial charge in [0.1, 0.15) is 5.69 Å². The SMILES string of the molecule is CCCCN(C)c1nc(C)cc(C(=O)N2CCc3ccccc32)n1. The Hall–Kier alpha value is -2.43. The highest BCUT2D eigenvalue weighted by Crippen LogP contribution is 2.28. The van der Waals surface area contributed by atoms with E-state index in [0.717, 1.165) is 37.2 Å². The van der Waals surface area contributed by atoms with Gasteiger partial charge in [0.15, 0.2) is 0 Å². The average molecular weight is 324 g/mol. The largest absolute Gasteiger partial charge is 0.344 e. The highest BCUT2D eigenvalue weighted by molar-refractivity contribution is 6.06. The zero-order valence-electron chi connectivity index (χ0n) is 14.6. The van der Waals surface area contributed by atoms with Crippen molar-refractivity contribution in [3.05, 3.63) is 47.3 Å². The quantitative estimate of drug-likeness (QED) is 0.847. The number of hydrogen-bond donors (Lipinski definition) is 0. The summed E-state index contributed by atoms with van der Waals surface area (Å²) in [6, 6.07) is 9.85. The molecule has 24 heavy (non-hydrogen) atoms. The molecule has 0 saturated carbocycles. The van der Waals surface area contributed by atoms with E-state index in [-0.39, 0.29) is 5.91 Å². The van der Waals surface area contributed by atoms with Crippen LogP contribution in [0.2, 0.25) is 0 Å². The number of carbonyl (C=O) groups is 1. The predicted molar refractivity (Wildman–Crippen MR) is 96.8 cm³/mol. The van der Waals surface area contributed by atoms with Gasteiger partial charge in [0.05, 0.1) is 0 Å². The van der Waals surface area contributed by atoms with E-state index in [0.29, 0.717) is 18.2 Å². The standard InChI is InChI=1S/C19H24N4O/c1-4-5-11-22(3)19-20-14(2)13-16(21-19)18(24)23-12-10-15-8-6-7-9-17(15)23/h6-9,13H,4-5,10-12H2,1-3H3. The number of unbranched alkanes of at least 4 members (excludes halogenated alkanes) is 1. The Balaban J connectivity index is 1.87. The molecule has 0 aliphatic carbocycles. The Morgan fingerprint density at radius 2 is 2.08 bits per heavy atom. The lowest BCUT2D eigenvalue weighted by molar-refractivity contribution is 0.0984. The molecule has 1 amide bonds. The maximum Gasteiger partial charge on any atom is 0.277 e. The molecule has 0 bridgehead atoms. The zero-order valence-corrected chi connectivity index (χ0v) is 14.6. The molecule has 2 heterocycles. The van der Waals surface area contributed by atoms with Gasteiger partial charge in [0.2, 0.25) is 5.95 Å². The minimum Gasteiger partial charge on any atom is -0.344 e. The highest BCUT2D eigenvalue weighted by Gasteiger charge is 2.26. The Labute approximate surface area is 143 Å². The lowest BCUT2D eigenvalue weighted by Gasteiger charge is -2.20. The van der Waals surface area contributed by atoms with Crippen LogP contribution in [0.1, 0.15) is 41.5 Å². The first-order valence-electron chi connectivity index (χ1n) is 8.56. The molecular weight excluding hydrogens is 300 g/mol. The molecule has 5 nitrogen and oxygen atoms in total. The fourth-order valence-corrected chi connectivity index (χ4v) is 3.02. The second-order valence-corrected chi connectivity index (χ2v) is 6.31. The van der Waals surface area contributed by atoms with Crippen molar-refractivity contribution < 1.29 is 4.79 Å². The molecule has 3 rings (SSSR count). The normalized spacial score (nSPS) is 13.0. The van der Waals surface area contributed by atoms with Gasteiger partial charge in [-0.15, -0.1) is 0 Å². The van der Waals surface area contributed by atoms with Crippen LogP contribution >= 0.6 is 0 Å². The Bertz CT molecular complexity index is 744. The van der Waals surface area contributed by atoms with E-state index in [1.165, 1.54) is 5.56 Å². The van der Waals surface area contributed by atoms with Gasteiger partial charge in [-0.25, -0.2) is 9.97 Å². The van der Waals surface area contributed by atoms with Gasteiger partial charge < -0.3 is 9.80 Å². The van der Waals surface area contributed by atoms with Crippen LogP contribution < -0.4 is 9.80 Å². The molecule has 2 aromatic rings. The number of hydrogen-bond acceptors (Lipinski definition) is 4. The summed E-state index contributed by atoms with van der Waals surface area (Å²) in [5.41, 5.74) is 3.51. The Morgan fingerprint density at radius 1 is 1.29 bits per heavy atom. The monoisotopic (exact) mass is 324 g/mol. The molecule has 0 spiro atoms. The van der Waals surface area contributed by atoms with Gasteiger partial charge in [0, 0.05) is 31.5 Å². The molecule has 1 aliphatic heterocycles. The van der Waals surface area contributed by atoms with Crippen LogP contribution in [0, 0.1) is 6.92 Å². The number of benzene rings is 1. The number of para-hydroxylation sites is 1. The van der Waals surface area contributed by atoms with Crippen molar-refractivity contribution in [3.63, 3.8) is 0 Å². The Kier molecular flexibility index (Phi) is 4.79. The fraction of sp³-hybridized carbons (Fsp3) is 0.421. The molecule has 1 aliphatic rings. The first kappa shape index (κ1) is 16.4. The topological polar surface area (TPSA) is 49.3 Å². The van der Waals surface area contributed by atoms with E-state index in [2.05, 4.69) is 23.0 Å². The number of carbonyl (C=O) groups excluding carboxylic acids is 1. The van der Waals surface area contributed by atoms with Crippen LogP contribution in [0.25, 0.3) is 0 Å². The first-order valence-corrected chi connectivity index (χ1v) is 8.56. The zero-order chi connectivity index (χ0) is 17.1. The maximum atomic E-state index is 13.0. The predicted octanol–water partition coefficient (Wildman–Crippen LogP) is 3.22. The molecule has 0 N–H and O–H groups in total. The second-order valence-electron chi connectivity index (χ2n) is 6.31. The molecule has 1 aromatic carbocycles. The first-order chi connectivity index (χ1) is 11.6. The van der Waals surface area contributed by atoms with Crippen LogP contribution in [-0.2, 0) is 6.42 Å². The molecule has 1 aromatic heterocycles. The third-order valence-electron chi connectivity index (χ3n) is 4.38. The van der Waals surface area contributed by atoms with Crippen LogP contribution in [0.15, 0.2) is 30.3 Å². The van der Waals surface area contributed by atoms with E-state index < -0.39 is 0 Å². The van der Waals surface area contributed by atoms with Gasteiger partial charge in [-0.1, -0.05) is 31.5 Å². The highest BCUT2D eigenvalue weighted by atomic mass is 16.2. The number of aromatic nitrogens is 2. The van der Waals surface area contributed by atoms with E-state index >= 15 is 0 Å². The summed E-state index contributed by atoms with van der Waals surface area (Å²) in [6.45, 7) is 5.67. The van der Waals surface area contributed by atoms with E-state index in [1.807, 2.05) is 42.0 Å². The summed E-state index contributed by atoms with van der Waals surface area (Å²) in [4.78, 5) is 25.8. The molecule has 0 atom stereocenters. The Morgan fingerprint density at radius 3 is 2.88 bits per heavy atom. The number of amides is 1. The molecule has 0 radical (unpaired) electrons. The van der Waals surface area contributed by atoms with Crippen LogP contribution in [0.3, 0.4) is 0 Å². The molecule has 126 valence electrons. The maximum absolute atomic E-state index is 13.0. The van der Waals surface area contributed by atoms with Crippen molar-refractivity contribution in [2.24, 2.45) is 0 Å². The molecule has 0 unspecified atom stereocenters. The third-order valence-corrected chi connectivity index (χ3v) is 4.38. The van der Waals surface area contributed by atoms with Crippen molar-refractivity contribution in [1.29, 1.82) is 0 Å². The van der Waals surface area contributed by atoms with Crippen LogP contribution in [-0.4, -0.2) is 36.0 Å². The number of anilines is 2. The number of aryl methyl sites for hydroxylation is 1. The number of rotatable bonds is 5. The van der Waals surface area contributed by atoms with Gasteiger partial charge in [0.25, 0.3) is 5.91 Å². The summed E-state index contributed by atoms with van der Waals surface area (Å²) < 4.78 is 0. The van der Waals surface area contributed by atoms with Gasteiger partial charge in [-0.3, -0.25) is 4.79 Å². The van der Waals surface area contributed by atoms with Gasteiger partial charge in [-0.05, 0) is 37.5 Å². The van der Waals surface area contributed by atoms with Crippen LogP contribution in [0.4, 0.5) is 11.6 Å². The van der Waals surface area contributed by atoms with Crippen molar-refractivity contribution in [1.82, 2.24) is 9.97 Å². The lowest BCUT2D eigenvalue weighted by Crippen LogP contribution is -2.31.